The number of non-ortho nitro benzene ring substituents is 1. The fourth-order valence-electron chi connectivity index (χ4n) is 3.46. The minimum absolute atomic E-state index is 0. The number of amides is 1. The van der Waals surface area contributed by atoms with Gasteiger partial charge in [-0.05, 0) is 55.2 Å². The van der Waals surface area contributed by atoms with Crippen molar-refractivity contribution in [1.82, 2.24) is 14.5 Å². The summed E-state index contributed by atoms with van der Waals surface area (Å²) in [6.07, 6.45) is 9.27. The maximum Gasteiger partial charge on any atom is 0.269 e. The van der Waals surface area contributed by atoms with Gasteiger partial charge in [0.15, 0.2) is 5.13 Å². The number of benzene rings is 2. The van der Waals surface area contributed by atoms with E-state index in [-0.39, 0.29) is 24.0 Å². The molecule has 0 aliphatic heterocycles. The van der Waals surface area contributed by atoms with Crippen LogP contribution in [0.2, 0.25) is 0 Å². The Morgan fingerprint density at radius 2 is 1.91 bits per heavy atom. The maximum absolute atomic E-state index is 13.2. The molecule has 0 atom stereocenters. The smallest absolute Gasteiger partial charge is 0.269 e. The number of aromatic nitrogens is 3. The summed E-state index contributed by atoms with van der Waals surface area (Å²) < 4.78 is 3.05. The van der Waals surface area contributed by atoms with Crippen molar-refractivity contribution in [3.05, 3.63) is 88.0 Å². The normalized spacial score (nSPS) is 11.0. The number of hydrogen-bond donors (Lipinski definition) is 0. The number of hydrogen-bond acceptors (Lipinski definition) is 6. The molecule has 0 aliphatic rings. The molecule has 176 valence electrons. The molecule has 4 aromatic rings. The van der Waals surface area contributed by atoms with Crippen LogP contribution in [0.25, 0.3) is 16.3 Å². The van der Waals surface area contributed by atoms with Crippen molar-refractivity contribution in [3.8, 4) is 0 Å². The number of nitro benzene ring substituents is 1. The molecule has 0 aliphatic carbocycles. The number of aryl methyl sites for hydroxylation is 3. The predicted octanol–water partition coefficient (Wildman–Crippen LogP) is 5.58. The Labute approximate surface area is 207 Å². The molecule has 0 fully saturated rings. The lowest BCUT2D eigenvalue weighted by Crippen LogP contribution is -2.30. The van der Waals surface area contributed by atoms with Gasteiger partial charge in [0.1, 0.15) is 0 Å². The molecule has 2 aromatic heterocycles. The lowest BCUT2D eigenvalue weighted by atomic mass is 10.1. The van der Waals surface area contributed by atoms with Crippen molar-refractivity contribution < 1.29 is 9.72 Å². The molecule has 0 radical (unpaired) electrons. The van der Waals surface area contributed by atoms with E-state index in [0.717, 1.165) is 34.3 Å². The summed E-state index contributed by atoms with van der Waals surface area (Å²) in [5.74, 6) is -0.187. The van der Waals surface area contributed by atoms with Crippen LogP contribution < -0.4 is 4.90 Å². The Morgan fingerprint density at radius 3 is 2.56 bits per heavy atom. The van der Waals surface area contributed by atoms with Crippen molar-refractivity contribution in [2.24, 2.45) is 0 Å². The summed E-state index contributed by atoms with van der Waals surface area (Å²) >= 11 is 1.52. The highest BCUT2D eigenvalue weighted by Gasteiger charge is 2.19. The molecule has 0 saturated heterocycles. The highest BCUT2D eigenvalue weighted by atomic mass is 35.5. The molecule has 8 nitrogen and oxygen atoms in total. The van der Waals surface area contributed by atoms with E-state index in [9.17, 15) is 14.9 Å². The molecular weight excluding hydrogens is 474 g/mol. The van der Waals surface area contributed by atoms with Gasteiger partial charge in [-0.25, -0.2) is 9.97 Å². The maximum atomic E-state index is 13.2. The van der Waals surface area contributed by atoms with Crippen molar-refractivity contribution in [3.63, 3.8) is 0 Å². The second-order valence-corrected chi connectivity index (χ2v) is 8.68. The first kappa shape index (κ1) is 25.1. The van der Waals surface area contributed by atoms with Gasteiger partial charge >= 0.3 is 0 Å². The summed E-state index contributed by atoms with van der Waals surface area (Å²) in [5, 5.41) is 11.5. The Balaban J connectivity index is 0.00000324. The quantitative estimate of drug-likeness (QED) is 0.180. The van der Waals surface area contributed by atoms with Crippen molar-refractivity contribution in [1.29, 1.82) is 0 Å². The minimum Gasteiger partial charge on any atom is -0.337 e. The van der Waals surface area contributed by atoms with Crippen LogP contribution in [0.5, 0.6) is 0 Å². The molecule has 0 N–H and O–H groups in total. The Bertz CT molecular complexity index is 1280. The number of imidazole rings is 1. The van der Waals surface area contributed by atoms with Gasteiger partial charge in [0, 0.05) is 43.7 Å². The Kier molecular flexibility index (Phi) is 8.14. The predicted molar refractivity (Wildman–Crippen MR) is 138 cm³/mol. The fourth-order valence-corrected chi connectivity index (χ4v) is 4.60. The summed E-state index contributed by atoms with van der Waals surface area (Å²) in [6, 6.07) is 10.2. The van der Waals surface area contributed by atoms with E-state index in [4.69, 9.17) is 4.98 Å². The van der Waals surface area contributed by atoms with Crippen LogP contribution in [-0.4, -0.2) is 31.9 Å². The van der Waals surface area contributed by atoms with Gasteiger partial charge in [-0.2, -0.15) is 0 Å². The average molecular weight is 498 g/mol. The zero-order valence-electron chi connectivity index (χ0n) is 18.7. The number of carbonyl (C=O) groups excluding carboxylic acids is 1. The second-order valence-electron chi connectivity index (χ2n) is 7.70. The first-order chi connectivity index (χ1) is 15.9. The summed E-state index contributed by atoms with van der Waals surface area (Å²) in [5.41, 5.74) is 3.85. The number of nitrogens with zero attached hydrogens (tertiary/aromatic N) is 5. The molecule has 2 aromatic carbocycles. The van der Waals surface area contributed by atoms with Gasteiger partial charge in [-0.15, -0.1) is 12.4 Å². The fraction of sp³-hybridized carbons (Fsp3) is 0.208. The SMILES string of the molecule is Cc1ccc(C)c2sc(N(CCCn3ccnc3)C(=O)/C=C/c3ccc([N+](=O)[O-])cc3)nc12.Cl. The lowest BCUT2D eigenvalue weighted by molar-refractivity contribution is -0.384. The number of fused-ring (bicyclic) bond motifs is 1. The van der Waals surface area contributed by atoms with Gasteiger partial charge in [0.2, 0.25) is 0 Å². The molecule has 34 heavy (non-hydrogen) atoms. The number of thiazole rings is 1. The van der Waals surface area contributed by atoms with E-state index in [1.54, 1.807) is 35.6 Å². The van der Waals surface area contributed by atoms with E-state index in [0.29, 0.717) is 17.2 Å². The van der Waals surface area contributed by atoms with Gasteiger partial charge < -0.3 is 4.57 Å². The van der Waals surface area contributed by atoms with Crippen molar-refractivity contribution >= 4 is 56.8 Å². The summed E-state index contributed by atoms with van der Waals surface area (Å²) in [6.45, 7) is 5.30. The molecular formula is C24H24ClN5O3S. The van der Waals surface area contributed by atoms with E-state index in [2.05, 4.69) is 11.1 Å². The van der Waals surface area contributed by atoms with E-state index in [1.165, 1.54) is 29.5 Å². The van der Waals surface area contributed by atoms with Crippen LogP contribution in [0.4, 0.5) is 10.8 Å². The summed E-state index contributed by atoms with van der Waals surface area (Å²) in [4.78, 5) is 34.2. The van der Waals surface area contributed by atoms with Gasteiger partial charge in [-0.3, -0.25) is 19.8 Å². The Hall–Kier alpha value is -3.56. The lowest BCUT2D eigenvalue weighted by Gasteiger charge is -2.18. The van der Waals surface area contributed by atoms with Crippen LogP contribution in [0.15, 0.2) is 61.2 Å². The molecule has 0 bridgehead atoms. The molecule has 10 heteroatoms. The largest absolute Gasteiger partial charge is 0.337 e. The van der Waals surface area contributed by atoms with Crippen molar-refractivity contribution in [2.75, 3.05) is 11.4 Å². The number of carbonyl (C=O) groups is 1. The van der Waals surface area contributed by atoms with Gasteiger partial charge in [0.05, 0.1) is 21.5 Å². The van der Waals surface area contributed by atoms with E-state index >= 15 is 0 Å². The third kappa shape index (κ3) is 5.67. The van der Waals surface area contributed by atoms with Crippen molar-refractivity contribution in [2.45, 2.75) is 26.8 Å². The first-order valence-electron chi connectivity index (χ1n) is 10.5. The van der Waals surface area contributed by atoms with Crippen LogP contribution in [-0.2, 0) is 11.3 Å². The Morgan fingerprint density at radius 1 is 1.18 bits per heavy atom. The average Bonchev–Trinajstić information content (AvgIpc) is 3.49. The standard InChI is InChI=1S/C24H23N5O3S.ClH/c1-17-4-5-18(2)23-22(17)26-24(33-23)28(14-3-13-27-15-12-25-16-27)21(30)11-8-19-6-9-20(10-7-19)29(31)32;/h4-12,15-16H,3,13-14H2,1-2H3;1H/b11-8+;. The molecule has 0 spiro atoms. The van der Waals surface area contributed by atoms with E-state index < -0.39 is 4.92 Å². The molecule has 2 heterocycles. The monoisotopic (exact) mass is 497 g/mol. The zero-order valence-corrected chi connectivity index (χ0v) is 20.4. The second kappa shape index (κ2) is 11.0. The van der Waals surface area contributed by atoms with Gasteiger partial charge in [-0.1, -0.05) is 23.5 Å². The summed E-state index contributed by atoms with van der Waals surface area (Å²) in [7, 11) is 0. The third-order valence-electron chi connectivity index (χ3n) is 5.31. The van der Waals surface area contributed by atoms with E-state index in [1.807, 2.05) is 30.7 Å². The van der Waals surface area contributed by atoms with Crippen LogP contribution >= 0.6 is 23.7 Å². The van der Waals surface area contributed by atoms with Gasteiger partial charge in [0.25, 0.3) is 11.6 Å². The number of halogens is 1. The van der Waals surface area contributed by atoms with Crippen LogP contribution in [0.3, 0.4) is 0 Å². The number of rotatable bonds is 8. The molecule has 0 saturated carbocycles. The minimum atomic E-state index is -0.447. The zero-order chi connectivity index (χ0) is 23.4. The molecule has 1 amide bonds. The molecule has 0 unspecified atom stereocenters. The number of anilines is 1. The first-order valence-corrected chi connectivity index (χ1v) is 11.3. The molecule has 4 rings (SSSR count). The topological polar surface area (TPSA) is 94.2 Å². The highest BCUT2D eigenvalue weighted by Crippen LogP contribution is 2.33. The van der Waals surface area contributed by atoms with Crippen LogP contribution in [0, 0.1) is 24.0 Å². The number of nitro groups is 1. The highest BCUT2D eigenvalue weighted by molar-refractivity contribution is 7.22. The van der Waals surface area contributed by atoms with Crippen LogP contribution in [0.1, 0.15) is 23.1 Å². The third-order valence-corrected chi connectivity index (χ3v) is 6.52.